The van der Waals surface area contributed by atoms with Crippen molar-refractivity contribution in [3.63, 3.8) is 0 Å². The third-order valence-electron chi connectivity index (χ3n) is 4.38. The highest BCUT2D eigenvalue weighted by atomic mass is 32.1. The molecule has 6 nitrogen and oxygen atoms in total. The molecule has 1 aliphatic heterocycles. The van der Waals surface area contributed by atoms with E-state index >= 15 is 0 Å². The van der Waals surface area contributed by atoms with E-state index in [2.05, 4.69) is 27.6 Å². The monoisotopic (exact) mass is 351 g/mol. The molecule has 1 unspecified atom stereocenters. The van der Waals surface area contributed by atoms with Crippen molar-refractivity contribution in [1.29, 1.82) is 0 Å². The Kier molecular flexibility index (Phi) is 7.02. The summed E-state index contributed by atoms with van der Waals surface area (Å²) < 4.78 is 0. The zero-order valence-corrected chi connectivity index (χ0v) is 16.0. The van der Waals surface area contributed by atoms with Gasteiger partial charge in [-0.3, -0.25) is 9.79 Å². The number of hydrogen-bond acceptors (Lipinski definition) is 4. The van der Waals surface area contributed by atoms with Crippen molar-refractivity contribution in [3.05, 3.63) is 16.1 Å². The zero-order chi connectivity index (χ0) is 17.5. The SMILES string of the molecule is CN=C(NCCC(=O)N1CCCCC1C)N(C)Cc1csc(C)n1. The second kappa shape index (κ2) is 9.01. The topological polar surface area (TPSA) is 60.8 Å². The first-order valence-corrected chi connectivity index (χ1v) is 9.51. The molecule has 1 atom stereocenters. The number of nitrogens with one attached hydrogen (secondary N) is 1. The molecule has 134 valence electrons. The number of aryl methyl sites for hydroxylation is 1. The summed E-state index contributed by atoms with van der Waals surface area (Å²) >= 11 is 1.66. The quantitative estimate of drug-likeness (QED) is 0.653. The van der Waals surface area contributed by atoms with Crippen LogP contribution in [0.5, 0.6) is 0 Å². The number of carbonyl (C=O) groups is 1. The van der Waals surface area contributed by atoms with Crippen molar-refractivity contribution in [3.8, 4) is 0 Å². The van der Waals surface area contributed by atoms with Crippen LogP contribution < -0.4 is 5.32 Å². The number of likely N-dealkylation sites (tertiary alicyclic amines) is 1. The number of thiazole rings is 1. The molecular weight excluding hydrogens is 322 g/mol. The highest BCUT2D eigenvalue weighted by Gasteiger charge is 2.22. The minimum Gasteiger partial charge on any atom is -0.356 e. The minimum absolute atomic E-state index is 0.239. The van der Waals surface area contributed by atoms with E-state index in [0.29, 0.717) is 25.6 Å². The third kappa shape index (κ3) is 5.19. The normalized spacial score (nSPS) is 18.6. The third-order valence-corrected chi connectivity index (χ3v) is 5.21. The minimum atomic E-state index is 0.239. The average molecular weight is 352 g/mol. The van der Waals surface area contributed by atoms with E-state index in [4.69, 9.17) is 0 Å². The average Bonchev–Trinajstić information content (AvgIpc) is 2.96. The number of piperidine rings is 1. The number of carbonyl (C=O) groups excluding carboxylic acids is 1. The maximum Gasteiger partial charge on any atom is 0.224 e. The van der Waals surface area contributed by atoms with Gasteiger partial charge in [0, 0.05) is 45.0 Å². The van der Waals surface area contributed by atoms with Gasteiger partial charge in [-0.05, 0) is 33.1 Å². The summed E-state index contributed by atoms with van der Waals surface area (Å²) in [5.41, 5.74) is 1.04. The summed E-state index contributed by atoms with van der Waals surface area (Å²) in [6, 6.07) is 0.376. The Hall–Kier alpha value is -1.63. The fourth-order valence-corrected chi connectivity index (χ4v) is 3.68. The second-order valence-electron chi connectivity index (χ2n) is 6.37. The van der Waals surface area contributed by atoms with Gasteiger partial charge in [0.2, 0.25) is 5.91 Å². The maximum atomic E-state index is 12.4. The van der Waals surface area contributed by atoms with Crippen LogP contribution in [0, 0.1) is 6.92 Å². The lowest BCUT2D eigenvalue weighted by Crippen LogP contribution is -2.44. The maximum absolute atomic E-state index is 12.4. The van der Waals surface area contributed by atoms with Gasteiger partial charge in [0.15, 0.2) is 5.96 Å². The molecule has 2 heterocycles. The van der Waals surface area contributed by atoms with Crippen molar-refractivity contribution in [2.75, 3.05) is 27.2 Å². The fraction of sp³-hybridized carbons (Fsp3) is 0.706. The summed E-state index contributed by atoms with van der Waals surface area (Å²) in [7, 11) is 3.75. The number of amides is 1. The summed E-state index contributed by atoms with van der Waals surface area (Å²) in [5, 5.41) is 6.43. The van der Waals surface area contributed by atoms with Crippen LogP contribution in [0.4, 0.5) is 0 Å². The molecule has 1 saturated heterocycles. The van der Waals surface area contributed by atoms with Crippen LogP contribution in [-0.4, -0.2) is 59.9 Å². The molecule has 1 fully saturated rings. The molecular formula is C17H29N5OS. The van der Waals surface area contributed by atoms with Crippen molar-refractivity contribution >= 4 is 23.2 Å². The Bertz CT molecular complexity index is 571. The van der Waals surface area contributed by atoms with Crippen LogP contribution in [0.15, 0.2) is 10.4 Å². The first kappa shape index (κ1) is 18.7. The number of hydrogen-bond donors (Lipinski definition) is 1. The Labute approximate surface area is 149 Å². The van der Waals surface area contributed by atoms with Gasteiger partial charge in [-0.2, -0.15) is 0 Å². The Morgan fingerprint density at radius 3 is 2.96 bits per heavy atom. The van der Waals surface area contributed by atoms with E-state index in [1.807, 2.05) is 23.8 Å². The van der Waals surface area contributed by atoms with Crippen LogP contribution in [0.2, 0.25) is 0 Å². The lowest BCUT2D eigenvalue weighted by molar-refractivity contribution is -0.134. The summed E-state index contributed by atoms with van der Waals surface area (Å²) in [4.78, 5) is 25.2. The van der Waals surface area contributed by atoms with Gasteiger partial charge in [-0.1, -0.05) is 0 Å². The number of guanidine groups is 1. The summed E-state index contributed by atoms with van der Waals surface area (Å²) in [6.07, 6.45) is 3.99. The van der Waals surface area contributed by atoms with Crippen molar-refractivity contribution in [2.45, 2.75) is 52.1 Å². The molecule has 0 saturated carbocycles. The lowest BCUT2D eigenvalue weighted by Gasteiger charge is -2.33. The van der Waals surface area contributed by atoms with E-state index in [1.165, 1.54) is 6.42 Å². The Morgan fingerprint density at radius 2 is 2.33 bits per heavy atom. The zero-order valence-electron chi connectivity index (χ0n) is 15.2. The first-order valence-electron chi connectivity index (χ1n) is 8.63. The van der Waals surface area contributed by atoms with Crippen molar-refractivity contribution < 1.29 is 4.79 Å². The van der Waals surface area contributed by atoms with Gasteiger partial charge < -0.3 is 15.1 Å². The van der Waals surface area contributed by atoms with Gasteiger partial charge >= 0.3 is 0 Å². The fourth-order valence-electron chi connectivity index (χ4n) is 3.08. The van der Waals surface area contributed by atoms with E-state index in [9.17, 15) is 4.79 Å². The Balaban J connectivity index is 1.77. The van der Waals surface area contributed by atoms with Crippen LogP contribution in [0.1, 0.15) is 43.3 Å². The molecule has 1 aromatic rings. The van der Waals surface area contributed by atoms with E-state index in [1.54, 1.807) is 18.4 Å². The van der Waals surface area contributed by atoms with Crippen molar-refractivity contribution in [1.82, 2.24) is 20.1 Å². The molecule has 0 radical (unpaired) electrons. The predicted molar refractivity (Wildman–Crippen MR) is 99.3 cm³/mol. The highest BCUT2D eigenvalue weighted by molar-refractivity contribution is 7.09. The standard InChI is InChI=1S/C17H29N5OS/c1-13-7-5-6-10-22(13)16(23)8-9-19-17(18-3)21(4)11-15-12-24-14(2)20-15/h12-13H,5-11H2,1-4H3,(H,18,19). The van der Waals surface area contributed by atoms with Gasteiger partial charge in [0.25, 0.3) is 0 Å². The molecule has 0 aliphatic carbocycles. The lowest BCUT2D eigenvalue weighted by atomic mass is 10.0. The molecule has 7 heteroatoms. The molecule has 1 aliphatic rings. The molecule has 1 aromatic heterocycles. The van der Waals surface area contributed by atoms with Crippen molar-refractivity contribution in [2.24, 2.45) is 4.99 Å². The van der Waals surface area contributed by atoms with Gasteiger partial charge in [0.1, 0.15) is 0 Å². The van der Waals surface area contributed by atoms with Crippen LogP contribution >= 0.6 is 11.3 Å². The largest absolute Gasteiger partial charge is 0.356 e. The predicted octanol–water partition coefficient (Wildman–Crippen LogP) is 2.25. The highest BCUT2D eigenvalue weighted by Crippen LogP contribution is 2.17. The smallest absolute Gasteiger partial charge is 0.224 e. The van der Waals surface area contributed by atoms with Gasteiger partial charge in [-0.25, -0.2) is 4.98 Å². The van der Waals surface area contributed by atoms with E-state index in [0.717, 1.165) is 36.0 Å². The van der Waals surface area contributed by atoms with E-state index < -0.39 is 0 Å². The molecule has 24 heavy (non-hydrogen) atoms. The van der Waals surface area contributed by atoms with Gasteiger partial charge in [0.05, 0.1) is 17.2 Å². The molecule has 0 spiro atoms. The molecule has 0 bridgehead atoms. The number of aromatic nitrogens is 1. The molecule has 2 rings (SSSR count). The van der Waals surface area contributed by atoms with Crippen LogP contribution in [-0.2, 0) is 11.3 Å². The van der Waals surface area contributed by atoms with Crippen LogP contribution in [0.3, 0.4) is 0 Å². The number of nitrogens with zero attached hydrogens (tertiary/aromatic N) is 4. The molecule has 1 N–H and O–H groups in total. The Morgan fingerprint density at radius 1 is 1.54 bits per heavy atom. The van der Waals surface area contributed by atoms with Crippen LogP contribution in [0.25, 0.3) is 0 Å². The van der Waals surface area contributed by atoms with E-state index in [-0.39, 0.29) is 5.91 Å². The second-order valence-corrected chi connectivity index (χ2v) is 7.43. The first-order chi connectivity index (χ1) is 11.5. The number of aliphatic imine (C=N–C) groups is 1. The molecule has 0 aromatic carbocycles. The summed E-state index contributed by atoms with van der Waals surface area (Å²) in [6.45, 7) is 6.37. The number of rotatable bonds is 5. The van der Waals surface area contributed by atoms with Gasteiger partial charge in [-0.15, -0.1) is 11.3 Å². The molecule has 1 amide bonds. The summed E-state index contributed by atoms with van der Waals surface area (Å²) in [5.74, 6) is 1.03.